The van der Waals surface area contributed by atoms with Crippen molar-refractivity contribution in [2.45, 2.75) is 37.4 Å². The normalized spacial score (nSPS) is 11.3. The molecule has 0 unspecified atom stereocenters. The molecule has 0 spiro atoms. The van der Waals surface area contributed by atoms with E-state index in [1.165, 1.54) is 34.4 Å². The summed E-state index contributed by atoms with van der Waals surface area (Å²) in [5, 5.41) is 11.8. The zero-order valence-corrected chi connectivity index (χ0v) is 16.2. The van der Waals surface area contributed by atoms with E-state index < -0.39 is 0 Å². The molecule has 0 aliphatic carbocycles. The average molecular weight is 387 g/mol. The summed E-state index contributed by atoms with van der Waals surface area (Å²) in [6.45, 7) is 8.25. The highest BCUT2D eigenvalue weighted by molar-refractivity contribution is 8.01. The number of hydrogen-bond donors (Lipinski definition) is 1. The Bertz CT molecular complexity index is 721. The highest BCUT2D eigenvalue weighted by Gasteiger charge is 2.21. The summed E-state index contributed by atoms with van der Waals surface area (Å²) in [6.07, 6.45) is 1.57. The van der Waals surface area contributed by atoms with Gasteiger partial charge in [0.05, 0.1) is 23.6 Å². The van der Waals surface area contributed by atoms with E-state index in [4.69, 9.17) is 4.74 Å². The first kappa shape index (κ1) is 18.8. The number of aromatic nitrogens is 3. The maximum Gasteiger partial charge on any atom is 0.316 e. The molecule has 0 saturated heterocycles. The van der Waals surface area contributed by atoms with E-state index in [9.17, 15) is 9.59 Å². The largest absolute Gasteiger partial charge is 0.465 e. The molecule has 2 rings (SSSR count). The molecule has 24 heavy (non-hydrogen) atoms. The van der Waals surface area contributed by atoms with Gasteiger partial charge in [-0.25, -0.2) is 4.98 Å². The van der Waals surface area contributed by atoms with Crippen LogP contribution in [-0.2, 0) is 14.9 Å². The molecule has 0 aliphatic rings. The van der Waals surface area contributed by atoms with Crippen LogP contribution in [0.4, 0.5) is 5.13 Å². The third kappa shape index (κ3) is 5.25. The van der Waals surface area contributed by atoms with E-state index in [0.717, 1.165) is 5.01 Å². The first-order valence-corrected chi connectivity index (χ1v) is 9.81. The molecule has 2 aromatic heterocycles. The van der Waals surface area contributed by atoms with Gasteiger partial charge in [0.15, 0.2) is 4.34 Å². The van der Waals surface area contributed by atoms with Crippen molar-refractivity contribution in [3.05, 3.63) is 16.1 Å². The van der Waals surface area contributed by atoms with E-state index >= 15 is 0 Å². The van der Waals surface area contributed by atoms with Crippen molar-refractivity contribution in [1.82, 2.24) is 15.2 Å². The van der Waals surface area contributed by atoms with Crippen molar-refractivity contribution in [2.24, 2.45) is 0 Å². The number of carbonyl (C=O) groups is 2. The van der Waals surface area contributed by atoms with Crippen LogP contribution >= 0.6 is 34.4 Å². The molecule has 0 aliphatic heterocycles. The Kier molecular flexibility index (Phi) is 6.30. The van der Waals surface area contributed by atoms with Crippen LogP contribution in [0.25, 0.3) is 0 Å². The van der Waals surface area contributed by atoms with Gasteiger partial charge in [-0.3, -0.25) is 14.9 Å². The second-order valence-corrected chi connectivity index (χ2v) is 8.93. The Balaban J connectivity index is 1.93. The van der Waals surface area contributed by atoms with Crippen LogP contribution in [0.15, 0.2) is 10.5 Å². The Morgan fingerprint density at radius 2 is 2.04 bits per heavy atom. The number of nitrogens with zero attached hydrogens (tertiary/aromatic N) is 3. The summed E-state index contributed by atoms with van der Waals surface area (Å²) >= 11 is 3.80. The van der Waals surface area contributed by atoms with Crippen LogP contribution in [0.1, 0.15) is 42.4 Å². The van der Waals surface area contributed by atoms with Gasteiger partial charge in [-0.1, -0.05) is 43.9 Å². The van der Waals surface area contributed by atoms with Gasteiger partial charge in [-0.15, -0.1) is 21.5 Å². The van der Waals surface area contributed by atoms with E-state index in [0.29, 0.717) is 21.0 Å². The number of hydrogen-bond acceptors (Lipinski definition) is 9. The molecule has 0 atom stereocenters. The topological polar surface area (TPSA) is 94.1 Å². The molecule has 2 heterocycles. The predicted molar refractivity (Wildman–Crippen MR) is 96.0 cm³/mol. The summed E-state index contributed by atoms with van der Waals surface area (Å²) in [5.74, 6) is -0.399. The fraction of sp³-hybridized carbons (Fsp3) is 0.500. The second-order valence-electron chi connectivity index (χ2n) is 5.70. The minimum Gasteiger partial charge on any atom is -0.465 e. The van der Waals surface area contributed by atoms with Crippen LogP contribution in [-0.4, -0.2) is 39.4 Å². The van der Waals surface area contributed by atoms with Crippen LogP contribution in [0.2, 0.25) is 0 Å². The molecular formula is C14H18N4O3S3. The van der Waals surface area contributed by atoms with Gasteiger partial charge in [-0.05, 0) is 6.92 Å². The lowest BCUT2D eigenvalue weighted by atomic mass is 9.98. The average Bonchev–Trinajstić information content (AvgIpc) is 3.14. The van der Waals surface area contributed by atoms with E-state index in [1.807, 2.05) is 20.8 Å². The highest BCUT2D eigenvalue weighted by Crippen LogP contribution is 2.29. The molecule has 10 heteroatoms. The summed E-state index contributed by atoms with van der Waals surface area (Å²) in [6, 6.07) is 0. The molecule has 7 nitrogen and oxygen atoms in total. The third-order valence-electron chi connectivity index (χ3n) is 2.62. The molecular weight excluding hydrogens is 368 g/mol. The smallest absolute Gasteiger partial charge is 0.316 e. The predicted octanol–water partition coefficient (Wildman–Crippen LogP) is 3.20. The van der Waals surface area contributed by atoms with Crippen molar-refractivity contribution >= 4 is 51.4 Å². The maximum absolute atomic E-state index is 12.2. The van der Waals surface area contributed by atoms with Crippen molar-refractivity contribution in [3.8, 4) is 0 Å². The lowest BCUT2D eigenvalue weighted by Gasteiger charge is -2.13. The number of nitrogens with one attached hydrogen (secondary N) is 1. The minimum atomic E-state index is -0.303. The van der Waals surface area contributed by atoms with Gasteiger partial charge >= 0.3 is 5.97 Å². The quantitative estimate of drug-likeness (QED) is 0.463. The van der Waals surface area contributed by atoms with Gasteiger partial charge in [0.2, 0.25) is 5.13 Å². The summed E-state index contributed by atoms with van der Waals surface area (Å²) < 4.78 is 5.44. The first-order valence-electron chi connectivity index (χ1n) is 7.19. The van der Waals surface area contributed by atoms with E-state index in [1.54, 1.807) is 13.1 Å². The number of thiazole rings is 1. The van der Waals surface area contributed by atoms with Crippen molar-refractivity contribution < 1.29 is 14.3 Å². The fourth-order valence-corrected chi connectivity index (χ4v) is 3.94. The number of ether oxygens (including phenoxy) is 1. The van der Waals surface area contributed by atoms with E-state index in [-0.39, 0.29) is 23.0 Å². The summed E-state index contributed by atoms with van der Waals surface area (Å²) in [4.78, 5) is 28.4. The molecule has 1 amide bonds. The Morgan fingerprint density at radius 3 is 2.67 bits per heavy atom. The number of rotatable bonds is 6. The molecule has 0 radical (unpaired) electrons. The molecule has 0 aromatic carbocycles. The number of carbonyl (C=O) groups excluding carboxylic acids is 2. The Morgan fingerprint density at radius 1 is 1.29 bits per heavy atom. The van der Waals surface area contributed by atoms with Crippen LogP contribution in [0.5, 0.6) is 0 Å². The third-order valence-corrected chi connectivity index (χ3v) is 5.98. The van der Waals surface area contributed by atoms with Crippen molar-refractivity contribution in [1.29, 1.82) is 0 Å². The number of thioether (sulfide) groups is 1. The second kappa shape index (κ2) is 8.04. The SMILES string of the molecule is CCOC(=O)CSc1nnc(NC(=O)c2cnc(C(C)(C)C)s2)s1. The molecule has 2 aromatic rings. The highest BCUT2D eigenvalue weighted by atomic mass is 32.2. The van der Waals surface area contributed by atoms with Gasteiger partial charge in [0.25, 0.3) is 5.91 Å². The lowest BCUT2D eigenvalue weighted by molar-refractivity contribution is -0.139. The summed E-state index contributed by atoms with van der Waals surface area (Å²) in [5.41, 5.74) is -0.0944. The first-order chi connectivity index (χ1) is 11.3. The molecule has 0 fully saturated rings. The fourth-order valence-electron chi connectivity index (χ4n) is 1.53. The number of amides is 1. The molecule has 0 saturated carbocycles. The minimum absolute atomic E-state index is 0.0944. The van der Waals surface area contributed by atoms with Gasteiger partial charge in [-0.2, -0.15) is 0 Å². The number of anilines is 1. The molecule has 0 bridgehead atoms. The Hall–Kier alpha value is -1.52. The zero-order chi connectivity index (χ0) is 17.7. The standard InChI is InChI=1S/C14H18N4O3S3/c1-5-21-9(19)7-22-13-18-17-12(24-13)16-10(20)8-6-15-11(23-8)14(2,3)4/h6H,5,7H2,1-4H3,(H,16,17,20). The van der Waals surface area contributed by atoms with E-state index in [2.05, 4.69) is 20.5 Å². The Labute approximate surface area is 152 Å². The lowest BCUT2D eigenvalue weighted by Crippen LogP contribution is -2.10. The summed E-state index contributed by atoms with van der Waals surface area (Å²) in [7, 11) is 0. The van der Waals surface area contributed by atoms with Crippen LogP contribution in [0, 0.1) is 0 Å². The van der Waals surface area contributed by atoms with Crippen LogP contribution < -0.4 is 5.32 Å². The van der Waals surface area contributed by atoms with Gasteiger partial charge in [0, 0.05) is 5.41 Å². The molecule has 130 valence electrons. The maximum atomic E-state index is 12.2. The molecule has 1 N–H and O–H groups in total. The van der Waals surface area contributed by atoms with Gasteiger partial charge < -0.3 is 4.74 Å². The monoisotopic (exact) mass is 386 g/mol. The number of esters is 1. The van der Waals surface area contributed by atoms with Crippen molar-refractivity contribution in [3.63, 3.8) is 0 Å². The van der Waals surface area contributed by atoms with Gasteiger partial charge in [0.1, 0.15) is 4.88 Å². The van der Waals surface area contributed by atoms with Crippen molar-refractivity contribution in [2.75, 3.05) is 17.7 Å². The van der Waals surface area contributed by atoms with Crippen LogP contribution in [0.3, 0.4) is 0 Å². The zero-order valence-electron chi connectivity index (χ0n) is 13.8.